The summed E-state index contributed by atoms with van der Waals surface area (Å²) in [5.74, 6) is -1.57. The first-order valence-corrected chi connectivity index (χ1v) is 15.7. The monoisotopic (exact) mass is 641 g/mol. The number of hydrogen-bond donors (Lipinski definition) is 3. The Kier molecular flexibility index (Phi) is 9.95. The van der Waals surface area contributed by atoms with Crippen molar-refractivity contribution in [2.75, 3.05) is 27.7 Å². The molecule has 4 rings (SSSR count). The summed E-state index contributed by atoms with van der Waals surface area (Å²) in [5.41, 5.74) is 0.761. The summed E-state index contributed by atoms with van der Waals surface area (Å²) in [5, 5.41) is 21.0. The van der Waals surface area contributed by atoms with Crippen molar-refractivity contribution in [1.29, 1.82) is 0 Å². The Morgan fingerprint density at radius 3 is 2.40 bits per heavy atom. The fourth-order valence-corrected chi connectivity index (χ4v) is 6.58. The second-order valence-electron chi connectivity index (χ2n) is 12.1. The van der Waals surface area contributed by atoms with E-state index in [4.69, 9.17) is 4.74 Å². The molecule has 15 heteroatoms. The van der Waals surface area contributed by atoms with Gasteiger partial charge in [0.25, 0.3) is 5.91 Å². The Bertz CT molecular complexity index is 1640. The van der Waals surface area contributed by atoms with E-state index in [1.54, 1.807) is 51.9 Å². The summed E-state index contributed by atoms with van der Waals surface area (Å²) in [6.45, 7) is 5.08. The molecule has 3 atom stereocenters. The second-order valence-corrected chi connectivity index (χ2v) is 13.8. The number of benzene rings is 2. The number of amides is 3. The Hall–Kier alpha value is -4.34. The molecule has 1 fully saturated rings. The van der Waals surface area contributed by atoms with Gasteiger partial charge in [-0.05, 0) is 41.3 Å². The molecule has 0 saturated carbocycles. The molecule has 3 aromatic rings. The van der Waals surface area contributed by atoms with E-state index in [-0.39, 0.29) is 35.7 Å². The molecule has 2 heterocycles. The first-order chi connectivity index (χ1) is 21.1. The van der Waals surface area contributed by atoms with E-state index in [0.717, 1.165) is 11.3 Å². The number of likely N-dealkylation sites (tertiary alicyclic amines) is 1. The summed E-state index contributed by atoms with van der Waals surface area (Å²) < 4.78 is 36.9. The van der Waals surface area contributed by atoms with Gasteiger partial charge in [0.1, 0.15) is 22.7 Å². The van der Waals surface area contributed by atoms with Gasteiger partial charge in [0.2, 0.25) is 21.8 Å². The Balaban J connectivity index is 1.53. The van der Waals surface area contributed by atoms with Crippen molar-refractivity contribution in [2.24, 2.45) is 5.41 Å². The van der Waals surface area contributed by atoms with Crippen molar-refractivity contribution in [3.05, 3.63) is 66.0 Å². The lowest BCUT2D eigenvalue weighted by Crippen LogP contribution is -2.57. The number of carbonyl (C=O) groups is 3. The van der Waals surface area contributed by atoms with Gasteiger partial charge >= 0.3 is 0 Å². The van der Waals surface area contributed by atoms with Crippen molar-refractivity contribution in [3.8, 4) is 11.4 Å². The molecule has 0 radical (unpaired) electrons. The highest BCUT2D eigenvalue weighted by Gasteiger charge is 2.45. The molecule has 0 aliphatic carbocycles. The van der Waals surface area contributed by atoms with Crippen molar-refractivity contribution in [2.45, 2.75) is 56.8 Å². The number of carbonyl (C=O) groups excluding carboxylic acids is 3. The van der Waals surface area contributed by atoms with Crippen LogP contribution in [0.5, 0.6) is 5.75 Å². The Morgan fingerprint density at radius 2 is 1.82 bits per heavy atom. The van der Waals surface area contributed by atoms with Gasteiger partial charge in [0.05, 0.1) is 31.3 Å². The largest absolute Gasteiger partial charge is 0.495 e. The van der Waals surface area contributed by atoms with Crippen molar-refractivity contribution >= 4 is 27.7 Å². The number of ether oxygens (including phenoxy) is 1. The fraction of sp³-hybridized carbons (Fsp3) is 0.433. The molecule has 0 bridgehead atoms. The Labute approximate surface area is 262 Å². The van der Waals surface area contributed by atoms with Crippen LogP contribution in [0.3, 0.4) is 0 Å². The molecule has 242 valence electrons. The standard InChI is InChI=1S/C30H39N7O7S/c1-30(2,3)26(33-45(42,43)25-15-20(28(40)35(4)5)9-12-24(25)44-6)29(41)36-18-22(38)16-23(36)27(39)31-17-19-7-10-21(11-8-19)37-14-13-32-34-37/h7-15,22-23,26,33,38H,16-18H2,1-6H3,(H,31,39)/t22-,23+,26-/m1/s1. The number of rotatable bonds is 10. The van der Waals surface area contributed by atoms with Crippen LogP contribution in [0.4, 0.5) is 0 Å². The normalized spacial score (nSPS) is 17.5. The molecule has 0 unspecified atom stereocenters. The maximum absolute atomic E-state index is 14.0. The summed E-state index contributed by atoms with van der Waals surface area (Å²) in [4.78, 5) is 42.1. The quantitative estimate of drug-likeness (QED) is 0.291. The van der Waals surface area contributed by atoms with Crippen LogP contribution in [0.15, 0.2) is 59.8 Å². The second kappa shape index (κ2) is 13.3. The van der Waals surface area contributed by atoms with Gasteiger partial charge in [-0.2, -0.15) is 4.72 Å². The number of aliphatic hydroxyl groups is 1. The van der Waals surface area contributed by atoms with Crippen LogP contribution in [-0.2, 0) is 26.2 Å². The first-order valence-electron chi connectivity index (χ1n) is 14.3. The molecule has 2 aromatic carbocycles. The third-order valence-electron chi connectivity index (χ3n) is 7.45. The van der Waals surface area contributed by atoms with Gasteiger partial charge in [0, 0.05) is 39.2 Å². The third kappa shape index (κ3) is 7.67. The van der Waals surface area contributed by atoms with Gasteiger partial charge in [0.15, 0.2) is 0 Å². The lowest BCUT2D eigenvalue weighted by atomic mass is 9.86. The molecule has 1 aliphatic heterocycles. The van der Waals surface area contributed by atoms with Gasteiger partial charge in [-0.25, -0.2) is 13.1 Å². The predicted octanol–water partition coefficient (Wildman–Crippen LogP) is 0.949. The van der Waals surface area contributed by atoms with Crippen LogP contribution in [0.2, 0.25) is 0 Å². The van der Waals surface area contributed by atoms with Gasteiger partial charge in [-0.1, -0.05) is 38.1 Å². The van der Waals surface area contributed by atoms with Gasteiger partial charge in [-0.15, -0.1) is 5.10 Å². The minimum absolute atomic E-state index is 0.00502. The number of nitrogens with one attached hydrogen (secondary N) is 2. The molecule has 1 saturated heterocycles. The molecule has 1 aliphatic rings. The van der Waals surface area contributed by atoms with Crippen LogP contribution >= 0.6 is 0 Å². The highest BCUT2D eigenvalue weighted by Crippen LogP contribution is 2.30. The smallest absolute Gasteiger partial charge is 0.253 e. The summed E-state index contributed by atoms with van der Waals surface area (Å²) in [6.07, 6.45) is 2.29. The number of β-amino-alcohol motifs (C(OH)–C–C–N with tert-alkyl or cyclic N) is 1. The predicted molar refractivity (Wildman–Crippen MR) is 164 cm³/mol. The highest BCUT2D eigenvalue weighted by atomic mass is 32.2. The van der Waals surface area contributed by atoms with Crippen LogP contribution < -0.4 is 14.8 Å². The molecule has 3 N–H and O–H groups in total. The molecular formula is C30H39N7O7S. The average Bonchev–Trinajstić information content (AvgIpc) is 3.68. The van der Waals surface area contributed by atoms with Gasteiger partial charge < -0.3 is 25.0 Å². The topological polar surface area (TPSA) is 176 Å². The lowest BCUT2D eigenvalue weighted by Gasteiger charge is -2.35. The number of hydrogen-bond acceptors (Lipinski definition) is 9. The zero-order valence-electron chi connectivity index (χ0n) is 26.1. The number of aromatic nitrogens is 3. The fourth-order valence-electron chi connectivity index (χ4n) is 4.99. The van der Waals surface area contributed by atoms with Crippen molar-refractivity contribution < 1.29 is 32.6 Å². The molecule has 14 nitrogen and oxygen atoms in total. The zero-order valence-corrected chi connectivity index (χ0v) is 26.9. The SMILES string of the molecule is COc1ccc(C(=O)N(C)C)cc1S(=O)(=O)N[C@H](C(=O)N1C[C@H](O)C[C@H]1C(=O)NCc1ccc(-n2ccnn2)cc1)C(C)(C)C. The molecule has 1 aromatic heterocycles. The van der Waals surface area contributed by atoms with E-state index in [9.17, 15) is 27.9 Å². The van der Waals surface area contributed by atoms with E-state index in [1.807, 2.05) is 24.3 Å². The maximum atomic E-state index is 14.0. The lowest BCUT2D eigenvalue weighted by molar-refractivity contribution is -0.141. The molecular weight excluding hydrogens is 602 g/mol. The summed E-state index contributed by atoms with van der Waals surface area (Å²) in [7, 11) is -0.0408. The van der Waals surface area contributed by atoms with Crippen LogP contribution in [0, 0.1) is 5.41 Å². The minimum Gasteiger partial charge on any atom is -0.495 e. The van der Waals surface area contributed by atoms with E-state index in [0.29, 0.717) is 0 Å². The highest BCUT2D eigenvalue weighted by molar-refractivity contribution is 7.89. The first kappa shape index (κ1) is 33.6. The molecule has 0 spiro atoms. The molecule has 45 heavy (non-hydrogen) atoms. The van der Waals surface area contributed by atoms with Crippen molar-refractivity contribution in [1.82, 2.24) is 34.8 Å². The summed E-state index contributed by atoms with van der Waals surface area (Å²) in [6, 6.07) is 8.97. The van der Waals surface area contributed by atoms with E-state index < -0.39 is 51.3 Å². The van der Waals surface area contributed by atoms with Crippen LogP contribution in [-0.4, -0.2) is 102 Å². The van der Waals surface area contributed by atoms with Crippen molar-refractivity contribution in [3.63, 3.8) is 0 Å². The van der Waals surface area contributed by atoms with E-state index in [2.05, 4.69) is 20.4 Å². The van der Waals surface area contributed by atoms with E-state index in [1.165, 1.54) is 35.1 Å². The third-order valence-corrected chi connectivity index (χ3v) is 8.89. The van der Waals surface area contributed by atoms with Crippen LogP contribution in [0.1, 0.15) is 43.1 Å². The van der Waals surface area contributed by atoms with Gasteiger partial charge in [-0.3, -0.25) is 14.4 Å². The number of nitrogens with zero attached hydrogens (tertiary/aromatic N) is 5. The number of methoxy groups -OCH3 is 1. The van der Waals surface area contributed by atoms with Crippen LogP contribution in [0.25, 0.3) is 5.69 Å². The van der Waals surface area contributed by atoms with E-state index >= 15 is 0 Å². The summed E-state index contributed by atoms with van der Waals surface area (Å²) >= 11 is 0. The Morgan fingerprint density at radius 1 is 1.13 bits per heavy atom. The molecule has 3 amide bonds. The maximum Gasteiger partial charge on any atom is 0.253 e. The number of sulfonamides is 1. The minimum atomic E-state index is -4.43. The zero-order chi connectivity index (χ0) is 33.1. The average molecular weight is 642 g/mol. The number of aliphatic hydroxyl groups excluding tert-OH is 1.